The number of anilines is 5. The zero-order chi connectivity index (χ0) is 97.3. The number of aryl methyl sites for hydroxylation is 6. The van der Waals surface area contributed by atoms with E-state index in [-0.39, 0.29) is 241 Å². The number of hydrogen-bond acceptors (Lipinski definition) is 5. The van der Waals surface area contributed by atoms with Crippen molar-refractivity contribution in [2.45, 2.75) is 187 Å². The summed E-state index contributed by atoms with van der Waals surface area (Å²) in [5.74, 6) is 1.02. The number of imidazole rings is 1. The number of fused-ring (bicyclic) bond motifs is 3. The first-order valence-electron chi connectivity index (χ1n) is 47.8. The first-order valence-corrected chi connectivity index (χ1v) is 51.1. The second kappa shape index (κ2) is 104. The van der Waals surface area contributed by atoms with Gasteiger partial charge in [0, 0.05) is 237 Å². The summed E-state index contributed by atoms with van der Waals surface area (Å²) < 4.78 is 3.45. The van der Waals surface area contributed by atoms with Crippen LogP contribution in [0.25, 0.3) is 48.8 Å². The molecule has 0 atom stereocenters. The topological polar surface area (TPSA) is 37.2 Å². The van der Waals surface area contributed by atoms with E-state index in [1.807, 2.05) is 255 Å². The number of para-hydroxylation sites is 8. The van der Waals surface area contributed by atoms with Gasteiger partial charge in [-0.15, -0.1) is 11.3 Å². The van der Waals surface area contributed by atoms with Gasteiger partial charge in [0.1, 0.15) is 13.9 Å². The molecule has 0 amide bonds. The van der Waals surface area contributed by atoms with Crippen LogP contribution in [0.15, 0.2) is 443 Å². The van der Waals surface area contributed by atoms with Gasteiger partial charge in [-0.2, -0.15) is 0 Å². The van der Waals surface area contributed by atoms with E-state index in [9.17, 15) is 0 Å². The molecule has 0 bridgehead atoms. The number of nitrogens with zero attached hydrogens (tertiary/aromatic N) is 5. The predicted molar refractivity (Wildman–Crippen MR) is 635 cm³/mol. The van der Waals surface area contributed by atoms with Crippen molar-refractivity contribution in [2.24, 2.45) is 0 Å². The van der Waals surface area contributed by atoms with Crippen LogP contribution in [0.2, 0.25) is 6.55 Å². The van der Waals surface area contributed by atoms with Crippen LogP contribution in [0, 0.1) is 86.1 Å². The summed E-state index contributed by atoms with van der Waals surface area (Å²) in [4.78, 5) is 13.3. The van der Waals surface area contributed by atoms with Gasteiger partial charge < -0.3 is 54.4 Å². The molecule has 0 aliphatic rings. The Labute approximate surface area is 1030 Å². The molecule has 143 heavy (non-hydrogen) atoms. The second-order valence-corrected chi connectivity index (χ2v) is 32.2. The molecule has 18 aromatic rings. The molecule has 0 saturated heterocycles. The Balaban J connectivity index is -0.000000134. The number of thiazole rings is 1. The van der Waals surface area contributed by atoms with E-state index in [1.165, 1.54) is 92.9 Å². The average molecular weight is 2400 g/mol. The van der Waals surface area contributed by atoms with E-state index in [1.54, 1.807) is 11.3 Å². The van der Waals surface area contributed by atoms with Crippen molar-refractivity contribution >= 4 is 95.4 Å². The fourth-order valence-corrected chi connectivity index (χ4v) is 17.4. The van der Waals surface area contributed by atoms with Crippen molar-refractivity contribution in [2.75, 3.05) is 16.8 Å². The molecule has 5 nitrogen and oxygen atoms in total. The van der Waals surface area contributed by atoms with Crippen molar-refractivity contribution in [3.63, 3.8) is 0 Å². The van der Waals surface area contributed by atoms with Crippen molar-refractivity contribution in [1.29, 1.82) is 0 Å². The van der Waals surface area contributed by atoms with Gasteiger partial charge in [0.25, 0.3) is 0 Å². The van der Waals surface area contributed by atoms with Gasteiger partial charge in [-0.3, -0.25) is 4.57 Å². The van der Waals surface area contributed by atoms with Gasteiger partial charge in [0.05, 0.1) is 26.3 Å². The fraction of sp³-hybridized carbons (Fsp3) is 0.215. The third kappa shape index (κ3) is 59.0. The maximum Gasteiger partial charge on any atom is 0.145 e. The number of benzene rings is 16. The van der Waals surface area contributed by atoms with Crippen molar-refractivity contribution in [3.8, 4) is 16.8 Å². The molecule has 13 heteroatoms. The van der Waals surface area contributed by atoms with E-state index in [4.69, 9.17) is 0 Å². The minimum atomic E-state index is -1.88. The summed E-state index contributed by atoms with van der Waals surface area (Å²) in [7, 11) is 0.196. The Morgan fingerprint density at radius 3 is 0.909 bits per heavy atom. The first-order chi connectivity index (χ1) is 64.4. The van der Waals surface area contributed by atoms with Crippen molar-refractivity contribution in [3.05, 3.63) is 520 Å². The quantitative estimate of drug-likeness (QED) is 0.0777. The summed E-state index contributed by atoms with van der Waals surface area (Å²) in [6.07, 6.45) is 0. The second-order valence-electron chi connectivity index (χ2n) is 27.0. The van der Waals surface area contributed by atoms with Crippen LogP contribution >= 0.6 is 11.3 Å². The molecule has 0 saturated carbocycles. The number of hydrogen-bond donors (Lipinski definition) is 0. The van der Waals surface area contributed by atoms with Crippen LogP contribution < -0.4 is 25.4 Å². The van der Waals surface area contributed by atoms with Crippen molar-refractivity contribution in [1.82, 2.24) is 14.5 Å². The Kier molecular flexibility index (Phi) is 118. The van der Waals surface area contributed by atoms with Crippen molar-refractivity contribution < 1.29 is 196 Å². The van der Waals surface area contributed by atoms with Crippen LogP contribution in [0.1, 0.15) is 172 Å². The van der Waals surface area contributed by atoms with Gasteiger partial charge in [0.15, 0.2) is 0 Å². The maximum atomic E-state index is 4.55. The summed E-state index contributed by atoms with van der Waals surface area (Å²) in [5.41, 5.74) is 18.3. The summed E-state index contributed by atoms with van der Waals surface area (Å²) in [6, 6.07) is 154. The Bertz CT molecular complexity index is 5490. The molecular weight excluding hydrogens is 2230 g/mol. The molecule has 0 spiro atoms. The van der Waals surface area contributed by atoms with E-state index in [0.29, 0.717) is 0 Å². The van der Waals surface area contributed by atoms with E-state index in [0.717, 1.165) is 33.1 Å². The molecule has 0 N–H and O–H groups in total. The predicted octanol–water partition coefficient (Wildman–Crippen LogP) is 39.4. The SMILES string of the molecule is CC.CC.CC.CC.CC.CC.CC.CC.CC.CC.CN(c1ccccc1)c1ccccc1.C[Si](c1ccccc1)(c1ccccc1)c1ccccc1.Cc1ccc(N(c2ccccc2)c2ccccc2)cc1.Cc1ccc2ccccc2c1.Cc1ccccc1.Cc1ccccc1-c1ccccc1.Cc1nc2ccccc2n1-c1ccccc1.Cc1nc2ccccc2s1.[CH3-].[CH3-].[CH3-].[CH3-].[CH3-].[CH3-].[Y].[Y].[Y].[Y].[Y].[Y]. The molecule has 2 heterocycles. The molecule has 18 rings (SSSR count). The van der Waals surface area contributed by atoms with Gasteiger partial charge in [0.2, 0.25) is 0 Å². The van der Waals surface area contributed by atoms with Crippen LogP contribution in [0.3, 0.4) is 0 Å². The molecular formula is C130H175N5SSiY6-6. The average Bonchev–Trinajstić information content (AvgIpc) is 1.00. The Morgan fingerprint density at radius 2 is 0.538 bits per heavy atom. The van der Waals surface area contributed by atoms with Gasteiger partial charge >= 0.3 is 0 Å². The third-order valence-corrected chi connectivity index (χ3v) is 24.3. The Morgan fingerprint density at radius 1 is 0.252 bits per heavy atom. The smallest absolute Gasteiger partial charge is 0.145 e. The van der Waals surface area contributed by atoms with Gasteiger partial charge in [-0.1, -0.05) is 507 Å². The van der Waals surface area contributed by atoms with E-state index < -0.39 is 8.07 Å². The minimum absolute atomic E-state index is 0. The van der Waals surface area contributed by atoms with Crippen LogP contribution in [0.5, 0.6) is 0 Å². The molecule has 6 radical (unpaired) electrons. The van der Waals surface area contributed by atoms with E-state index in [2.05, 4.69) is 405 Å². The van der Waals surface area contributed by atoms with Crippen LogP contribution in [-0.2, 0) is 196 Å². The molecule has 0 aliphatic heterocycles. The molecule has 16 aromatic carbocycles. The van der Waals surface area contributed by atoms with Crippen LogP contribution in [-0.4, -0.2) is 29.7 Å². The standard InChI is InChI=1S/C19H17N.C19H18Si.C14H12N2.C13H13N.C13H12.C11H10.C8H7NS.C7H8.10C2H6.6CH3.6Y/c1-16-12-14-19(15-13-16)20(17-8-4-2-5-9-17)18-10-6-3-7-11-18;1-20(17-11-5-2-6-12-17,18-13-7-3-8-14-18)19-15-9-4-10-16-19;1-11-15-13-9-5-6-10-14(13)16(11)12-7-3-2-4-8-12;1-14(12-8-4-2-5-9-12)13-10-6-3-7-11-13;1-11-7-5-6-10-13(11)12-8-3-2-4-9-12;1-9-6-7-10-4-2-3-5-11(10)8-9;1-6-9-7-4-2-3-5-8(7)10-6;1-7-5-3-2-4-6-7;10*1-2;;;;;;;;;;;;/h2-15H,1H3;2-16H,1H3;2-10H,1H3;2-11H,1H3;2-10H,1H3;2-8H,1H3;2-5H,1H3;2-6H,1H3;10*1-2H3;6*1H3;;;;;;/q;;;;;;;;;;;;;;;;;;6*-1;;;;;;. The summed E-state index contributed by atoms with van der Waals surface area (Å²) in [5, 5.41) is 8.15. The molecule has 0 fully saturated rings. The largest absolute Gasteiger partial charge is 0.358 e. The maximum absolute atomic E-state index is 4.55. The number of aromatic nitrogens is 3. The summed E-state index contributed by atoms with van der Waals surface area (Å²) in [6.45, 7) is 55.0. The molecule has 2 aromatic heterocycles. The zero-order valence-corrected chi connectivity index (χ0v) is 113. The molecule has 0 aliphatic carbocycles. The number of rotatable bonds is 10. The van der Waals surface area contributed by atoms with Gasteiger partial charge in [-0.05, 0) is 182 Å². The fourth-order valence-electron chi connectivity index (χ4n) is 13.0. The molecule has 754 valence electrons. The van der Waals surface area contributed by atoms with Gasteiger partial charge in [-0.25, -0.2) is 9.97 Å². The Hall–Kier alpha value is -6.42. The zero-order valence-electron chi connectivity index (χ0n) is 94.3. The van der Waals surface area contributed by atoms with E-state index >= 15 is 0 Å². The summed E-state index contributed by atoms with van der Waals surface area (Å²) >= 11 is 1.74. The molecule has 0 unspecified atom stereocenters. The minimum Gasteiger partial charge on any atom is -0.358 e. The third-order valence-electron chi connectivity index (χ3n) is 18.9. The normalized spacial score (nSPS) is 8.45. The monoisotopic (exact) mass is 2400 g/mol. The first kappa shape index (κ1) is 162. The van der Waals surface area contributed by atoms with Crippen LogP contribution in [0.4, 0.5) is 28.4 Å².